The molecule has 0 spiro atoms. The Morgan fingerprint density at radius 2 is 1.87 bits per heavy atom. The Morgan fingerprint density at radius 1 is 1.16 bits per heavy atom. The van der Waals surface area contributed by atoms with E-state index in [4.69, 9.17) is 11.6 Å². The second-order valence-electron chi connectivity index (χ2n) is 7.94. The first kappa shape index (κ1) is 24.1. The summed E-state index contributed by atoms with van der Waals surface area (Å²) in [5.74, 6) is 0.887. The van der Waals surface area contributed by atoms with Crippen LogP contribution in [0.1, 0.15) is 43.7 Å². The van der Waals surface area contributed by atoms with Crippen molar-refractivity contribution in [3.8, 4) is 0 Å². The number of carbonyl (C=O) groups is 2. The van der Waals surface area contributed by atoms with Crippen LogP contribution in [0.3, 0.4) is 0 Å². The maximum atomic E-state index is 13.2. The van der Waals surface area contributed by atoms with E-state index < -0.39 is 6.04 Å². The van der Waals surface area contributed by atoms with Crippen LogP contribution in [0.4, 0.5) is 0 Å². The van der Waals surface area contributed by atoms with Crippen molar-refractivity contribution < 1.29 is 9.59 Å². The van der Waals surface area contributed by atoms with Crippen molar-refractivity contribution in [2.24, 2.45) is 0 Å². The highest BCUT2D eigenvalue weighted by molar-refractivity contribution is 9.10. The number of benzene rings is 2. The molecule has 1 atom stereocenters. The minimum Gasteiger partial charge on any atom is -0.352 e. The third kappa shape index (κ3) is 7.55. The van der Waals surface area contributed by atoms with Gasteiger partial charge in [0.1, 0.15) is 6.04 Å². The van der Waals surface area contributed by atoms with E-state index in [2.05, 4.69) is 21.2 Å². The summed E-state index contributed by atoms with van der Waals surface area (Å²) >= 11 is 11.1. The first-order chi connectivity index (χ1) is 14.9. The van der Waals surface area contributed by atoms with Crippen LogP contribution in [0.2, 0.25) is 5.02 Å². The molecule has 7 heteroatoms. The quantitative estimate of drug-likeness (QED) is 0.451. The molecule has 0 radical (unpaired) electrons. The standard InChI is InChI=1S/C24H28BrClN2O2S/c1-17(24(30)27-22-10-2-3-11-22)28(14-18-6-4-8-20(25)12-18)23(29)16-31-15-19-7-5-9-21(26)13-19/h4-9,12-13,17,22H,2-3,10-11,14-16H2,1H3,(H,27,30)/t17-/m0/s1. The van der Waals surface area contributed by atoms with E-state index in [1.807, 2.05) is 55.5 Å². The van der Waals surface area contributed by atoms with Crippen LogP contribution in [0.5, 0.6) is 0 Å². The highest BCUT2D eigenvalue weighted by Gasteiger charge is 2.28. The van der Waals surface area contributed by atoms with E-state index in [0.29, 0.717) is 23.1 Å². The van der Waals surface area contributed by atoms with Gasteiger partial charge in [0, 0.05) is 27.8 Å². The van der Waals surface area contributed by atoms with Gasteiger partial charge >= 0.3 is 0 Å². The highest BCUT2D eigenvalue weighted by Crippen LogP contribution is 2.21. The van der Waals surface area contributed by atoms with Gasteiger partial charge in [-0.3, -0.25) is 9.59 Å². The van der Waals surface area contributed by atoms with E-state index in [-0.39, 0.29) is 17.9 Å². The van der Waals surface area contributed by atoms with Gasteiger partial charge in [0.2, 0.25) is 11.8 Å². The van der Waals surface area contributed by atoms with E-state index >= 15 is 0 Å². The molecule has 0 aliphatic heterocycles. The summed E-state index contributed by atoms with van der Waals surface area (Å²) in [4.78, 5) is 27.8. The minimum atomic E-state index is -0.529. The maximum absolute atomic E-state index is 13.2. The van der Waals surface area contributed by atoms with Crippen molar-refractivity contribution in [3.63, 3.8) is 0 Å². The number of carbonyl (C=O) groups excluding carboxylic acids is 2. The lowest BCUT2D eigenvalue weighted by Crippen LogP contribution is -2.50. The lowest BCUT2D eigenvalue weighted by Gasteiger charge is -2.29. The molecule has 0 aromatic heterocycles. The number of halogens is 2. The van der Waals surface area contributed by atoms with E-state index in [0.717, 1.165) is 41.3 Å². The van der Waals surface area contributed by atoms with Gasteiger partial charge in [-0.15, -0.1) is 11.8 Å². The fourth-order valence-electron chi connectivity index (χ4n) is 3.77. The average molecular weight is 524 g/mol. The molecule has 3 rings (SSSR count). The number of hydrogen-bond donors (Lipinski definition) is 1. The molecular formula is C24H28BrClN2O2S. The summed E-state index contributed by atoms with van der Waals surface area (Å²) in [6, 6.07) is 15.2. The smallest absolute Gasteiger partial charge is 0.242 e. The van der Waals surface area contributed by atoms with E-state index in [1.54, 1.807) is 4.90 Å². The second kappa shape index (κ2) is 11.9. The maximum Gasteiger partial charge on any atom is 0.242 e. The van der Waals surface area contributed by atoms with Crippen LogP contribution in [0.15, 0.2) is 53.0 Å². The van der Waals surface area contributed by atoms with Crippen LogP contribution >= 0.6 is 39.3 Å². The molecule has 1 fully saturated rings. The number of hydrogen-bond acceptors (Lipinski definition) is 3. The van der Waals surface area contributed by atoms with Crippen molar-refractivity contribution in [2.45, 2.75) is 57.0 Å². The van der Waals surface area contributed by atoms with Gasteiger partial charge in [-0.1, -0.05) is 64.6 Å². The third-order valence-electron chi connectivity index (χ3n) is 5.49. The molecule has 2 amide bonds. The second-order valence-corrected chi connectivity index (χ2v) is 10.3. The Kier molecular flexibility index (Phi) is 9.30. The molecule has 1 saturated carbocycles. The van der Waals surface area contributed by atoms with Crippen LogP contribution in [0, 0.1) is 0 Å². The summed E-state index contributed by atoms with van der Waals surface area (Å²) < 4.78 is 0.954. The van der Waals surface area contributed by atoms with Crippen LogP contribution < -0.4 is 5.32 Å². The third-order valence-corrected chi connectivity index (χ3v) is 7.21. The van der Waals surface area contributed by atoms with Gasteiger partial charge in [0.15, 0.2) is 0 Å². The van der Waals surface area contributed by atoms with E-state index in [1.165, 1.54) is 11.8 Å². The van der Waals surface area contributed by atoms with Gasteiger partial charge in [-0.2, -0.15) is 0 Å². The van der Waals surface area contributed by atoms with Crippen LogP contribution in [-0.4, -0.2) is 34.6 Å². The Labute approximate surface area is 202 Å². The fourth-order valence-corrected chi connectivity index (χ4v) is 5.29. The average Bonchev–Trinajstić information content (AvgIpc) is 3.24. The number of nitrogens with zero attached hydrogens (tertiary/aromatic N) is 1. The van der Waals surface area contributed by atoms with Gasteiger partial charge < -0.3 is 10.2 Å². The molecule has 0 heterocycles. The molecule has 0 unspecified atom stereocenters. The molecule has 0 bridgehead atoms. The minimum absolute atomic E-state index is 0.0407. The molecule has 1 aliphatic carbocycles. The van der Waals surface area contributed by atoms with E-state index in [9.17, 15) is 9.59 Å². The molecule has 4 nitrogen and oxygen atoms in total. The zero-order valence-electron chi connectivity index (χ0n) is 17.7. The zero-order valence-corrected chi connectivity index (χ0v) is 20.8. The van der Waals surface area contributed by atoms with Crippen molar-refractivity contribution in [1.29, 1.82) is 0 Å². The normalized spacial score (nSPS) is 14.9. The summed E-state index contributed by atoms with van der Waals surface area (Å²) in [5.41, 5.74) is 2.07. The first-order valence-electron chi connectivity index (χ1n) is 10.6. The molecule has 2 aromatic rings. The van der Waals surface area contributed by atoms with Gasteiger partial charge in [-0.05, 0) is 55.2 Å². The largest absolute Gasteiger partial charge is 0.352 e. The number of rotatable bonds is 9. The summed E-state index contributed by atoms with van der Waals surface area (Å²) in [6.45, 7) is 2.22. The summed E-state index contributed by atoms with van der Waals surface area (Å²) in [5, 5.41) is 3.83. The zero-order chi connectivity index (χ0) is 22.2. The Hall–Kier alpha value is -1.50. The number of amides is 2. The fraction of sp³-hybridized carbons (Fsp3) is 0.417. The molecule has 1 aliphatic rings. The number of thioether (sulfide) groups is 1. The molecule has 2 aromatic carbocycles. The molecule has 166 valence electrons. The number of nitrogens with one attached hydrogen (secondary N) is 1. The van der Waals surface area contributed by atoms with Gasteiger partial charge in [0.05, 0.1) is 5.75 Å². The first-order valence-corrected chi connectivity index (χ1v) is 12.9. The van der Waals surface area contributed by atoms with Crippen molar-refractivity contribution >= 4 is 51.1 Å². The van der Waals surface area contributed by atoms with Gasteiger partial charge in [0.25, 0.3) is 0 Å². The van der Waals surface area contributed by atoms with Crippen molar-refractivity contribution in [2.75, 3.05) is 5.75 Å². The monoisotopic (exact) mass is 522 g/mol. The Bertz CT molecular complexity index is 905. The SMILES string of the molecule is C[C@@H](C(=O)NC1CCCC1)N(Cc1cccc(Br)c1)C(=O)CSCc1cccc(Cl)c1. The predicted molar refractivity (Wildman–Crippen MR) is 132 cm³/mol. The Morgan fingerprint density at radius 3 is 2.58 bits per heavy atom. The summed E-state index contributed by atoms with van der Waals surface area (Å²) in [7, 11) is 0. The molecular weight excluding hydrogens is 496 g/mol. The van der Waals surface area contributed by atoms with Crippen LogP contribution in [0.25, 0.3) is 0 Å². The highest BCUT2D eigenvalue weighted by atomic mass is 79.9. The topological polar surface area (TPSA) is 49.4 Å². The van der Waals surface area contributed by atoms with Crippen molar-refractivity contribution in [1.82, 2.24) is 10.2 Å². The Balaban J connectivity index is 1.65. The van der Waals surface area contributed by atoms with Crippen LogP contribution in [-0.2, 0) is 21.9 Å². The lowest BCUT2D eigenvalue weighted by atomic mass is 10.1. The lowest BCUT2D eigenvalue weighted by molar-refractivity contribution is -0.138. The predicted octanol–water partition coefficient (Wildman–Crippen LogP) is 5.81. The van der Waals surface area contributed by atoms with Crippen molar-refractivity contribution in [3.05, 3.63) is 69.2 Å². The molecule has 1 N–H and O–H groups in total. The molecule has 31 heavy (non-hydrogen) atoms. The van der Waals surface area contributed by atoms with Gasteiger partial charge in [-0.25, -0.2) is 0 Å². The molecule has 0 saturated heterocycles. The summed E-state index contributed by atoms with van der Waals surface area (Å²) in [6.07, 6.45) is 4.35.